The van der Waals surface area contributed by atoms with Crippen LogP contribution in [0.5, 0.6) is 0 Å². The number of halogens is 1. The number of para-hydroxylation sites is 1. The number of carbonyl (C=O) groups is 3. The lowest BCUT2D eigenvalue weighted by Gasteiger charge is -2.08. The third-order valence-corrected chi connectivity index (χ3v) is 3.62. The molecule has 7 nitrogen and oxygen atoms in total. The van der Waals surface area contributed by atoms with Crippen LogP contribution in [0.3, 0.4) is 0 Å². The summed E-state index contributed by atoms with van der Waals surface area (Å²) in [6.07, 6.45) is -0.0379. The van der Waals surface area contributed by atoms with E-state index in [1.807, 2.05) is 12.1 Å². The molecule has 0 spiro atoms. The van der Waals surface area contributed by atoms with Crippen LogP contribution >= 0.6 is 11.6 Å². The fourth-order valence-electron chi connectivity index (χ4n) is 2.09. The average molecular weight is 390 g/mol. The Bertz CT molecular complexity index is 784. The summed E-state index contributed by atoms with van der Waals surface area (Å²) in [5, 5.41) is 8.37. The number of esters is 1. The summed E-state index contributed by atoms with van der Waals surface area (Å²) in [7, 11) is 0. The lowest BCUT2D eigenvalue weighted by Crippen LogP contribution is -2.32. The molecular weight excluding hydrogens is 370 g/mol. The number of hydrogen-bond acceptors (Lipinski definition) is 4. The van der Waals surface area contributed by atoms with Crippen LogP contribution in [-0.2, 0) is 20.9 Å². The van der Waals surface area contributed by atoms with Gasteiger partial charge in [0.2, 0.25) is 0 Å². The highest BCUT2D eigenvalue weighted by molar-refractivity contribution is 6.30. The Morgan fingerprint density at radius 3 is 2.48 bits per heavy atom. The molecule has 0 atom stereocenters. The largest absolute Gasteiger partial charge is 0.456 e. The van der Waals surface area contributed by atoms with Crippen molar-refractivity contribution in [2.24, 2.45) is 0 Å². The van der Waals surface area contributed by atoms with E-state index in [-0.39, 0.29) is 26.1 Å². The molecular formula is C19H20ClN3O4. The van der Waals surface area contributed by atoms with Crippen LogP contribution < -0.4 is 16.0 Å². The van der Waals surface area contributed by atoms with Gasteiger partial charge in [0, 0.05) is 23.8 Å². The van der Waals surface area contributed by atoms with Crippen molar-refractivity contribution >= 4 is 35.2 Å². The van der Waals surface area contributed by atoms with E-state index in [9.17, 15) is 14.4 Å². The van der Waals surface area contributed by atoms with Gasteiger partial charge in [-0.1, -0.05) is 41.9 Å². The van der Waals surface area contributed by atoms with Crippen molar-refractivity contribution in [3.8, 4) is 0 Å². The first-order valence-electron chi connectivity index (χ1n) is 8.29. The van der Waals surface area contributed by atoms with Gasteiger partial charge in [-0.15, -0.1) is 0 Å². The molecule has 0 aliphatic carbocycles. The van der Waals surface area contributed by atoms with Crippen molar-refractivity contribution in [3.63, 3.8) is 0 Å². The summed E-state index contributed by atoms with van der Waals surface area (Å²) in [5.41, 5.74) is 1.49. The second kappa shape index (κ2) is 10.8. The number of anilines is 1. The number of ether oxygens (including phenoxy) is 1. The highest BCUT2D eigenvalue weighted by Crippen LogP contribution is 2.10. The number of carbonyl (C=O) groups excluding carboxylic acids is 3. The minimum absolute atomic E-state index is 0.0379. The molecule has 0 radical (unpaired) electrons. The fraction of sp³-hybridized carbons (Fsp3) is 0.211. The van der Waals surface area contributed by atoms with Gasteiger partial charge < -0.3 is 20.7 Å². The zero-order valence-corrected chi connectivity index (χ0v) is 15.3. The van der Waals surface area contributed by atoms with Crippen molar-refractivity contribution in [2.75, 3.05) is 18.5 Å². The molecule has 0 fully saturated rings. The molecule has 0 aliphatic heterocycles. The molecule has 142 valence electrons. The topological polar surface area (TPSA) is 96.5 Å². The third kappa shape index (κ3) is 8.24. The highest BCUT2D eigenvalue weighted by Gasteiger charge is 2.08. The van der Waals surface area contributed by atoms with Gasteiger partial charge in [0.05, 0.1) is 6.42 Å². The summed E-state index contributed by atoms with van der Waals surface area (Å²) >= 11 is 5.86. The maximum atomic E-state index is 11.7. The predicted octanol–water partition coefficient (Wildman–Crippen LogP) is 2.71. The Morgan fingerprint density at radius 2 is 1.74 bits per heavy atom. The summed E-state index contributed by atoms with van der Waals surface area (Å²) in [6, 6.07) is 15.6. The minimum atomic E-state index is -0.576. The van der Waals surface area contributed by atoms with E-state index >= 15 is 0 Å². The highest BCUT2D eigenvalue weighted by atomic mass is 35.5. The van der Waals surface area contributed by atoms with Crippen LogP contribution in [0, 0.1) is 0 Å². The molecule has 27 heavy (non-hydrogen) atoms. The van der Waals surface area contributed by atoms with Gasteiger partial charge in [-0.25, -0.2) is 4.79 Å². The maximum Gasteiger partial charge on any atom is 0.319 e. The van der Waals surface area contributed by atoms with Crippen LogP contribution in [0.1, 0.15) is 12.0 Å². The smallest absolute Gasteiger partial charge is 0.319 e. The van der Waals surface area contributed by atoms with Gasteiger partial charge in [-0.3, -0.25) is 9.59 Å². The molecule has 3 amide bonds. The standard InChI is InChI=1S/C19H20ClN3O4/c20-15-6-4-5-14(11-15)12-22-17(24)13-27-18(25)9-10-21-19(26)23-16-7-2-1-3-8-16/h1-8,11H,9-10,12-13H2,(H,22,24)(H2,21,23,26). The summed E-state index contributed by atoms with van der Waals surface area (Å²) < 4.78 is 4.87. The average Bonchev–Trinajstić information content (AvgIpc) is 2.65. The number of rotatable bonds is 8. The first-order valence-corrected chi connectivity index (χ1v) is 8.67. The second-order valence-corrected chi connectivity index (χ2v) is 6.00. The van der Waals surface area contributed by atoms with E-state index in [0.29, 0.717) is 10.7 Å². The van der Waals surface area contributed by atoms with Crippen molar-refractivity contribution < 1.29 is 19.1 Å². The SMILES string of the molecule is O=C(COC(=O)CCNC(=O)Nc1ccccc1)NCc1cccc(Cl)c1. The zero-order chi connectivity index (χ0) is 19.5. The Hall–Kier alpha value is -3.06. The Morgan fingerprint density at radius 1 is 0.963 bits per heavy atom. The predicted molar refractivity (Wildman–Crippen MR) is 102 cm³/mol. The second-order valence-electron chi connectivity index (χ2n) is 5.56. The molecule has 0 aromatic heterocycles. The van der Waals surface area contributed by atoms with Crippen molar-refractivity contribution in [2.45, 2.75) is 13.0 Å². The van der Waals surface area contributed by atoms with Gasteiger partial charge >= 0.3 is 12.0 Å². The first-order chi connectivity index (χ1) is 13.0. The normalized spacial score (nSPS) is 9.96. The molecule has 0 saturated carbocycles. The Balaban J connectivity index is 1.57. The van der Waals surface area contributed by atoms with Gasteiger partial charge in [0.15, 0.2) is 6.61 Å². The molecule has 2 aromatic rings. The first kappa shape index (κ1) is 20.3. The third-order valence-electron chi connectivity index (χ3n) is 3.39. The monoisotopic (exact) mass is 389 g/mol. The molecule has 0 unspecified atom stereocenters. The number of amides is 3. The van der Waals surface area contributed by atoms with E-state index in [4.69, 9.17) is 16.3 Å². The van der Waals surface area contributed by atoms with E-state index in [1.54, 1.807) is 42.5 Å². The lowest BCUT2D eigenvalue weighted by molar-refractivity contribution is -0.148. The summed E-state index contributed by atoms with van der Waals surface area (Å²) in [4.78, 5) is 35.0. The van der Waals surface area contributed by atoms with Crippen molar-refractivity contribution in [3.05, 3.63) is 65.2 Å². The molecule has 0 heterocycles. The molecule has 0 saturated heterocycles. The summed E-state index contributed by atoms with van der Waals surface area (Å²) in [6.45, 7) is 0.00933. The summed E-state index contributed by atoms with van der Waals surface area (Å²) in [5.74, 6) is -0.994. The fourth-order valence-corrected chi connectivity index (χ4v) is 2.30. The Labute approximate surface area is 162 Å². The molecule has 3 N–H and O–H groups in total. The zero-order valence-electron chi connectivity index (χ0n) is 14.5. The van der Waals surface area contributed by atoms with Crippen LogP contribution in [0.2, 0.25) is 5.02 Å². The van der Waals surface area contributed by atoms with Crippen molar-refractivity contribution in [1.82, 2.24) is 10.6 Å². The maximum absolute atomic E-state index is 11.7. The van der Waals surface area contributed by atoms with E-state index in [2.05, 4.69) is 16.0 Å². The van der Waals surface area contributed by atoms with E-state index in [0.717, 1.165) is 5.56 Å². The number of benzene rings is 2. The Kier molecular flexibility index (Phi) is 8.12. The lowest BCUT2D eigenvalue weighted by atomic mass is 10.2. The molecule has 0 aliphatic rings. The molecule has 2 aromatic carbocycles. The van der Waals surface area contributed by atoms with Crippen LogP contribution in [0.15, 0.2) is 54.6 Å². The van der Waals surface area contributed by atoms with Gasteiger partial charge in [-0.05, 0) is 29.8 Å². The quantitative estimate of drug-likeness (QED) is 0.605. The van der Waals surface area contributed by atoms with Crippen LogP contribution in [-0.4, -0.2) is 31.1 Å². The number of hydrogen-bond donors (Lipinski definition) is 3. The van der Waals surface area contributed by atoms with Gasteiger partial charge in [0.1, 0.15) is 0 Å². The van der Waals surface area contributed by atoms with Gasteiger partial charge in [0.25, 0.3) is 5.91 Å². The molecule has 8 heteroatoms. The number of urea groups is 1. The molecule has 2 rings (SSSR count). The van der Waals surface area contributed by atoms with E-state index in [1.165, 1.54) is 0 Å². The van der Waals surface area contributed by atoms with E-state index < -0.39 is 17.9 Å². The number of nitrogens with one attached hydrogen (secondary N) is 3. The van der Waals surface area contributed by atoms with Crippen LogP contribution in [0.25, 0.3) is 0 Å². The van der Waals surface area contributed by atoms with Crippen LogP contribution in [0.4, 0.5) is 10.5 Å². The van der Waals surface area contributed by atoms with Gasteiger partial charge in [-0.2, -0.15) is 0 Å². The molecule has 0 bridgehead atoms. The minimum Gasteiger partial charge on any atom is -0.456 e. The van der Waals surface area contributed by atoms with Crippen molar-refractivity contribution in [1.29, 1.82) is 0 Å².